The number of carbonyl (C=O) groups excluding carboxylic acids is 1. The molecule has 0 radical (unpaired) electrons. The van der Waals surface area contributed by atoms with Gasteiger partial charge >= 0.3 is 0 Å². The van der Waals surface area contributed by atoms with E-state index in [0.29, 0.717) is 12.2 Å². The number of rotatable bonds is 6. The van der Waals surface area contributed by atoms with Crippen molar-refractivity contribution in [2.45, 2.75) is 31.2 Å². The third-order valence-corrected chi connectivity index (χ3v) is 4.13. The van der Waals surface area contributed by atoms with Gasteiger partial charge in [0, 0.05) is 22.0 Å². The van der Waals surface area contributed by atoms with E-state index < -0.39 is 0 Å². The van der Waals surface area contributed by atoms with E-state index in [1.165, 1.54) is 11.8 Å². The summed E-state index contributed by atoms with van der Waals surface area (Å²) < 4.78 is 1.05. The van der Waals surface area contributed by atoms with Crippen molar-refractivity contribution in [3.05, 3.63) is 28.2 Å². The summed E-state index contributed by atoms with van der Waals surface area (Å²) in [6.45, 7) is 4.02. The normalized spacial score (nSPS) is 12.2. The topological polar surface area (TPSA) is 49.3 Å². The summed E-state index contributed by atoms with van der Waals surface area (Å²) in [7, 11) is 0. The van der Waals surface area contributed by atoms with Crippen LogP contribution < -0.4 is 5.32 Å². The molecule has 0 saturated carbocycles. The number of nitrogens with one attached hydrogen (secondary N) is 1. The molecule has 1 rings (SSSR count). The molecule has 0 fully saturated rings. The zero-order valence-corrected chi connectivity index (χ0v) is 13.0. The number of hydrogen-bond donors (Lipinski definition) is 2. The van der Waals surface area contributed by atoms with Crippen molar-refractivity contribution >= 4 is 33.6 Å². The lowest BCUT2D eigenvalue weighted by molar-refractivity contribution is -0.119. The van der Waals surface area contributed by atoms with Crippen LogP contribution in [0.5, 0.6) is 0 Å². The lowest BCUT2D eigenvalue weighted by atomic mass is 10.2. The molecule has 1 unspecified atom stereocenters. The Kier molecular flexibility index (Phi) is 6.75. The zero-order valence-electron chi connectivity index (χ0n) is 10.6. The third kappa shape index (κ3) is 5.42. The maximum Gasteiger partial charge on any atom is 0.230 e. The number of hydrogen-bond acceptors (Lipinski definition) is 3. The molecule has 1 amide bonds. The second kappa shape index (κ2) is 7.81. The van der Waals surface area contributed by atoms with Crippen molar-refractivity contribution in [3.63, 3.8) is 0 Å². The maximum atomic E-state index is 11.7. The molecule has 0 spiro atoms. The van der Waals surface area contributed by atoms with E-state index in [2.05, 4.69) is 21.2 Å². The molecule has 0 bridgehead atoms. The first-order chi connectivity index (χ1) is 8.52. The minimum absolute atomic E-state index is 0.00303. The standard InChI is InChI=1S/C13H18BrNO2S/c1-9-7-11(14)3-4-12(9)18-8-13(17)15-10(2)5-6-16/h3-4,7,10,16H,5-6,8H2,1-2H3,(H,15,17). The van der Waals surface area contributed by atoms with E-state index in [1.807, 2.05) is 32.0 Å². The van der Waals surface area contributed by atoms with E-state index >= 15 is 0 Å². The molecule has 0 aliphatic carbocycles. The van der Waals surface area contributed by atoms with Gasteiger partial charge in [0.05, 0.1) is 5.75 Å². The van der Waals surface area contributed by atoms with Crippen LogP contribution in [-0.2, 0) is 4.79 Å². The van der Waals surface area contributed by atoms with Crippen LogP contribution in [0.4, 0.5) is 0 Å². The van der Waals surface area contributed by atoms with Crippen LogP contribution >= 0.6 is 27.7 Å². The Balaban J connectivity index is 2.42. The summed E-state index contributed by atoms with van der Waals surface area (Å²) in [5, 5.41) is 11.6. The van der Waals surface area contributed by atoms with E-state index in [-0.39, 0.29) is 18.6 Å². The van der Waals surface area contributed by atoms with Gasteiger partial charge in [-0.25, -0.2) is 0 Å². The first-order valence-electron chi connectivity index (χ1n) is 5.82. The molecule has 18 heavy (non-hydrogen) atoms. The van der Waals surface area contributed by atoms with Gasteiger partial charge < -0.3 is 10.4 Å². The van der Waals surface area contributed by atoms with Crippen LogP contribution in [0, 0.1) is 6.92 Å². The van der Waals surface area contributed by atoms with Gasteiger partial charge in [-0.3, -0.25) is 4.79 Å². The first kappa shape index (κ1) is 15.5. The molecular weight excluding hydrogens is 314 g/mol. The van der Waals surface area contributed by atoms with Gasteiger partial charge in [-0.05, 0) is 44.0 Å². The van der Waals surface area contributed by atoms with E-state index in [4.69, 9.17) is 5.11 Å². The molecule has 100 valence electrons. The summed E-state index contributed by atoms with van der Waals surface area (Å²) in [5.41, 5.74) is 1.16. The third-order valence-electron chi connectivity index (χ3n) is 2.47. The van der Waals surface area contributed by atoms with Gasteiger partial charge in [-0.15, -0.1) is 11.8 Å². The highest BCUT2D eigenvalue weighted by Crippen LogP contribution is 2.25. The first-order valence-corrected chi connectivity index (χ1v) is 7.60. The van der Waals surface area contributed by atoms with Gasteiger partial charge in [0.2, 0.25) is 5.91 Å². The van der Waals surface area contributed by atoms with Crippen LogP contribution in [0.2, 0.25) is 0 Å². The van der Waals surface area contributed by atoms with Gasteiger partial charge in [0.1, 0.15) is 0 Å². The molecule has 0 aromatic heterocycles. The fourth-order valence-corrected chi connectivity index (χ4v) is 2.80. The maximum absolute atomic E-state index is 11.7. The number of aryl methyl sites for hydroxylation is 1. The molecule has 0 saturated heterocycles. The summed E-state index contributed by atoms with van der Waals surface area (Å²) in [6.07, 6.45) is 0.591. The Labute approximate surface area is 120 Å². The molecule has 5 heteroatoms. The molecule has 3 nitrogen and oxygen atoms in total. The lowest BCUT2D eigenvalue weighted by Gasteiger charge is -2.12. The summed E-state index contributed by atoms with van der Waals surface area (Å²) in [5.74, 6) is 0.404. The van der Waals surface area contributed by atoms with E-state index in [0.717, 1.165) is 14.9 Å². The number of amides is 1. The smallest absolute Gasteiger partial charge is 0.230 e. The van der Waals surface area contributed by atoms with E-state index in [9.17, 15) is 4.79 Å². The monoisotopic (exact) mass is 331 g/mol. The van der Waals surface area contributed by atoms with Crippen LogP contribution in [-0.4, -0.2) is 29.4 Å². The fourth-order valence-electron chi connectivity index (χ4n) is 1.50. The Morgan fingerprint density at radius 1 is 1.56 bits per heavy atom. The number of benzene rings is 1. The second-order valence-corrected chi connectivity index (χ2v) is 6.11. The van der Waals surface area contributed by atoms with Crippen LogP contribution in [0.15, 0.2) is 27.6 Å². The van der Waals surface area contributed by atoms with Crippen molar-refractivity contribution in [1.29, 1.82) is 0 Å². The zero-order chi connectivity index (χ0) is 13.5. The van der Waals surface area contributed by atoms with Gasteiger partial charge in [-0.2, -0.15) is 0 Å². The van der Waals surface area contributed by atoms with Gasteiger partial charge in [-0.1, -0.05) is 15.9 Å². The van der Waals surface area contributed by atoms with Crippen molar-refractivity contribution in [1.82, 2.24) is 5.32 Å². The highest BCUT2D eigenvalue weighted by Gasteiger charge is 2.08. The number of thioether (sulfide) groups is 1. The fraction of sp³-hybridized carbons (Fsp3) is 0.462. The number of carbonyl (C=O) groups is 1. The SMILES string of the molecule is Cc1cc(Br)ccc1SCC(=O)NC(C)CCO. The second-order valence-electron chi connectivity index (χ2n) is 4.18. The molecule has 1 atom stereocenters. The van der Waals surface area contributed by atoms with Crippen molar-refractivity contribution in [2.24, 2.45) is 0 Å². The molecule has 0 heterocycles. The molecule has 0 aliphatic rings. The summed E-state index contributed by atoms with van der Waals surface area (Å²) >= 11 is 4.94. The Morgan fingerprint density at radius 2 is 2.28 bits per heavy atom. The van der Waals surface area contributed by atoms with Crippen LogP contribution in [0.3, 0.4) is 0 Å². The quantitative estimate of drug-likeness (QED) is 0.788. The Bertz CT molecular complexity index is 412. The lowest BCUT2D eigenvalue weighted by Crippen LogP contribution is -2.34. The van der Waals surface area contributed by atoms with Crippen molar-refractivity contribution in [2.75, 3.05) is 12.4 Å². The van der Waals surface area contributed by atoms with Gasteiger partial charge in [0.15, 0.2) is 0 Å². The summed E-state index contributed by atoms with van der Waals surface area (Å²) in [4.78, 5) is 12.8. The minimum Gasteiger partial charge on any atom is -0.396 e. The number of halogens is 1. The number of aliphatic hydroxyl groups excluding tert-OH is 1. The largest absolute Gasteiger partial charge is 0.396 e. The van der Waals surface area contributed by atoms with Crippen molar-refractivity contribution < 1.29 is 9.90 Å². The molecule has 1 aromatic rings. The molecule has 0 aliphatic heterocycles. The Morgan fingerprint density at radius 3 is 2.89 bits per heavy atom. The predicted octanol–water partition coefficient (Wildman–Crippen LogP) is 2.74. The summed E-state index contributed by atoms with van der Waals surface area (Å²) in [6, 6.07) is 6.04. The van der Waals surface area contributed by atoms with Crippen LogP contribution in [0.1, 0.15) is 18.9 Å². The van der Waals surface area contributed by atoms with Gasteiger partial charge in [0.25, 0.3) is 0 Å². The van der Waals surface area contributed by atoms with Crippen LogP contribution in [0.25, 0.3) is 0 Å². The highest BCUT2D eigenvalue weighted by molar-refractivity contribution is 9.10. The average molecular weight is 332 g/mol. The molecular formula is C13H18BrNO2S. The molecule has 1 aromatic carbocycles. The highest BCUT2D eigenvalue weighted by atomic mass is 79.9. The predicted molar refractivity (Wildman–Crippen MR) is 78.9 cm³/mol. The average Bonchev–Trinajstić information content (AvgIpc) is 2.28. The van der Waals surface area contributed by atoms with E-state index in [1.54, 1.807) is 0 Å². The number of aliphatic hydroxyl groups is 1. The molecule has 2 N–H and O–H groups in total. The van der Waals surface area contributed by atoms with Crippen molar-refractivity contribution in [3.8, 4) is 0 Å². The minimum atomic E-state index is 0.00303. The Hall–Kier alpha value is -0.520.